The maximum atomic E-state index is 11.7. The Labute approximate surface area is 131 Å². The van der Waals surface area contributed by atoms with Crippen LogP contribution in [0.2, 0.25) is 0 Å². The zero-order chi connectivity index (χ0) is 15.1. The lowest BCUT2D eigenvalue weighted by atomic mass is 10.1. The third kappa shape index (κ3) is 5.71. The Morgan fingerprint density at radius 3 is 2.90 bits per heavy atom. The molecule has 0 amide bonds. The van der Waals surface area contributed by atoms with Gasteiger partial charge in [0.1, 0.15) is 6.61 Å². The fourth-order valence-corrected chi connectivity index (χ4v) is 3.18. The zero-order valence-electron chi connectivity index (χ0n) is 12.9. The van der Waals surface area contributed by atoms with Gasteiger partial charge in [0.05, 0.1) is 12.5 Å². The molecule has 21 heavy (non-hydrogen) atoms. The fraction of sp³-hybridized carbons (Fsp3) is 0.588. The summed E-state index contributed by atoms with van der Waals surface area (Å²) < 4.78 is 10.8. The van der Waals surface area contributed by atoms with Crippen LogP contribution in [-0.4, -0.2) is 31.0 Å². The van der Waals surface area contributed by atoms with E-state index in [2.05, 4.69) is 32.0 Å². The van der Waals surface area contributed by atoms with Gasteiger partial charge in [-0.1, -0.05) is 6.07 Å². The van der Waals surface area contributed by atoms with Crippen molar-refractivity contribution in [3.8, 4) is 0 Å². The average molecular weight is 308 g/mol. The lowest BCUT2D eigenvalue weighted by Crippen LogP contribution is -2.26. The summed E-state index contributed by atoms with van der Waals surface area (Å²) >= 11 is 1.70. The highest BCUT2D eigenvalue weighted by Crippen LogP contribution is 2.22. The minimum atomic E-state index is -0.125. The van der Waals surface area contributed by atoms with Crippen molar-refractivity contribution in [3.63, 3.8) is 0 Å². The lowest BCUT2D eigenvalue weighted by Gasteiger charge is -2.22. The molecule has 116 valence electrons. The summed E-state index contributed by atoms with van der Waals surface area (Å²) in [6.45, 7) is 5.42. The topological polar surface area (TPSA) is 35.5 Å². The van der Waals surface area contributed by atoms with Crippen LogP contribution in [-0.2, 0) is 14.3 Å². The maximum absolute atomic E-state index is 11.7. The summed E-state index contributed by atoms with van der Waals surface area (Å²) in [7, 11) is 0. The first-order valence-electron chi connectivity index (χ1n) is 7.62. The number of ether oxygens (including phenoxy) is 2. The standard InChI is InChI=1S/C17H24O3S/c1-13-6-7-16(11-14(13)2)21-10-8-17(18)20-12-15-5-3-4-9-19-15/h6-7,11,15H,3-5,8-10,12H2,1-2H3. The van der Waals surface area contributed by atoms with Crippen LogP contribution in [0.4, 0.5) is 0 Å². The average Bonchev–Trinajstić information content (AvgIpc) is 2.50. The van der Waals surface area contributed by atoms with Gasteiger partial charge in [-0.05, 0) is 56.4 Å². The summed E-state index contributed by atoms with van der Waals surface area (Å²) in [6.07, 6.45) is 3.85. The monoisotopic (exact) mass is 308 g/mol. The van der Waals surface area contributed by atoms with Crippen LogP contribution in [0.15, 0.2) is 23.1 Å². The van der Waals surface area contributed by atoms with E-state index in [1.54, 1.807) is 11.8 Å². The summed E-state index contributed by atoms with van der Waals surface area (Å²) in [5.74, 6) is 0.632. The van der Waals surface area contributed by atoms with Gasteiger partial charge < -0.3 is 9.47 Å². The predicted molar refractivity (Wildman–Crippen MR) is 85.8 cm³/mol. The van der Waals surface area contributed by atoms with Crippen LogP contribution in [0.5, 0.6) is 0 Å². The molecule has 0 saturated carbocycles. The summed E-state index contributed by atoms with van der Waals surface area (Å²) in [5, 5.41) is 0. The maximum Gasteiger partial charge on any atom is 0.306 e. The van der Waals surface area contributed by atoms with Gasteiger partial charge in [-0.25, -0.2) is 0 Å². The fourth-order valence-electron chi connectivity index (χ4n) is 2.25. The molecule has 1 aromatic rings. The van der Waals surface area contributed by atoms with Crippen LogP contribution in [0.25, 0.3) is 0 Å². The van der Waals surface area contributed by atoms with E-state index >= 15 is 0 Å². The van der Waals surface area contributed by atoms with Crippen LogP contribution in [0, 0.1) is 13.8 Å². The van der Waals surface area contributed by atoms with Crippen LogP contribution in [0.1, 0.15) is 36.8 Å². The number of aryl methyl sites for hydroxylation is 2. The van der Waals surface area contributed by atoms with E-state index in [9.17, 15) is 4.79 Å². The Kier molecular flexibility index (Phi) is 6.58. The highest BCUT2D eigenvalue weighted by atomic mass is 32.2. The van der Waals surface area contributed by atoms with E-state index < -0.39 is 0 Å². The van der Waals surface area contributed by atoms with Crippen molar-refractivity contribution in [2.75, 3.05) is 19.0 Å². The minimum absolute atomic E-state index is 0.107. The van der Waals surface area contributed by atoms with E-state index in [1.807, 2.05) is 0 Å². The third-order valence-corrected chi connectivity index (χ3v) is 4.75. The van der Waals surface area contributed by atoms with Gasteiger partial charge in [-0.3, -0.25) is 4.79 Å². The van der Waals surface area contributed by atoms with E-state index in [4.69, 9.17) is 9.47 Å². The third-order valence-electron chi connectivity index (χ3n) is 3.76. The second-order valence-corrected chi connectivity index (χ2v) is 6.68. The molecule has 0 spiro atoms. The van der Waals surface area contributed by atoms with Crippen molar-refractivity contribution in [2.24, 2.45) is 0 Å². The van der Waals surface area contributed by atoms with E-state index in [-0.39, 0.29) is 12.1 Å². The predicted octanol–water partition coefficient (Wildman–Crippen LogP) is 3.90. The van der Waals surface area contributed by atoms with Crippen molar-refractivity contribution in [3.05, 3.63) is 29.3 Å². The molecule has 1 atom stereocenters. The summed E-state index contributed by atoms with van der Waals surface area (Å²) in [5.41, 5.74) is 2.59. The molecule has 0 bridgehead atoms. The Hall–Kier alpha value is -1.00. The SMILES string of the molecule is Cc1ccc(SCCC(=O)OCC2CCCCO2)cc1C. The largest absolute Gasteiger partial charge is 0.463 e. The molecular weight excluding hydrogens is 284 g/mol. The molecule has 3 nitrogen and oxygen atoms in total. The van der Waals surface area contributed by atoms with Gasteiger partial charge in [-0.15, -0.1) is 11.8 Å². The van der Waals surface area contributed by atoms with Crippen LogP contribution < -0.4 is 0 Å². The minimum Gasteiger partial charge on any atom is -0.463 e. The quantitative estimate of drug-likeness (QED) is 0.590. The Morgan fingerprint density at radius 1 is 1.33 bits per heavy atom. The molecule has 0 aromatic heterocycles. The number of thioether (sulfide) groups is 1. The summed E-state index contributed by atoms with van der Waals surface area (Å²) in [6, 6.07) is 6.39. The second-order valence-electron chi connectivity index (χ2n) is 5.52. The number of esters is 1. The lowest BCUT2D eigenvalue weighted by molar-refractivity contribution is -0.148. The molecule has 1 heterocycles. The van der Waals surface area contributed by atoms with Gasteiger partial charge in [0.15, 0.2) is 0 Å². The first-order chi connectivity index (χ1) is 10.1. The molecule has 1 saturated heterocycles. The van der Waals surface area contributed by atoms with Crippen molar-refractivity contribution in [2.45, 2.75) is 50.5 Å². The molecule has 0 radical (unpaired) electrons. The number of hydrogen-bond donors (Lipinski definition) is 0. The van der Waals surface area contributed by atoms with E-state index in [0.29, 0.717) is 13.0 Å². The molecule has 0 aliphatic carbocycles. The molecule has 1 unspecified atom stereocenters. The number of hydrogen-bond acceptors (Lipinski definition) is 4. The van der Waals surface area contributed by atoms with Crippen LogP contribution >= 0.6 is 11.8 Å². The van der Waals surface area contributed by atoms with Crippen molar-refractivity contribution in [1.29, 1.82) is 0 Å². The highest BCUT2D eigenvalue weighted by Gasteiger charge is 2.15. The Morgan fingerprint density at radius 2 is 2.19 bits per heavy atom. The zero-order valence-corrected chi connectivity index (χ0v) is 13.7. The van der Waals surface area contributed by atoms with Crippen molar-refractivity contribution >= 4 is 17.7 Å². The van der Waals surface area contributed by atoms with Gasteiger partial charge in [-0.2, -0.15) is 0 Å². The Bertz CT molecular complexity index is 467. The molecular formula is C17H24O3S. The van der Waals surface area contributed by atoms with Crippen molar-refractivity contribution in [1.82, 2.24) is 0 Å². The second kappa shape index (κ2) is 8.44. The molecule has 0 N–H and O–H groups in total. The van der Waals surface area contributed by atoms with Gasteiger partial charge in [0, 0.05) is 17.3 Å². The first-order valence-corrected chi connectivity index (χ1v) is 8.61. The van der Waals surface area contributed by atoms with E-state index in [1.165, 1.54) is 22.4 Å². The number of rotatable bonds is 6. The normalized spacial score (nSPS) is 18.5. The number of carbonyl (C=O) groups is 1. The van der Waals surface area contributed by atoms with Crippen LogP contribution in [0.3, 0.4) is 0 Å². The number of carbonyl (C=O) groups excluding carboxylic acids is 1. The first kappa shape index (κ1) is 16.4. The Balaban J connectivity index is 1.63. The smallest absolute Gasteiger partial charge is 0.306 e. The molecule has 1 fully saturated rings. The number of benzene rings is 1. The van der Waals surface area contributed by atoms with Gasteiger partial charge in [0.25, 0.3) is 0 Å². The van der Waals surface area contributed by atoms with Gasteiger partial charge >= 0.3 is 5.97 Å². The molecule has 1 aliphatic heterocycles. The molecule has 4 heteroatoms. The van der Waals surface area contributed by atoms with E-state index in [0.717, 1.165) is 25.2 Å². The highest BCUT2D eigenvalue weighted by molar-refractivity contribution is 7.99. The summed E-state index contributed by atoms with van der Waals surface area (Å²) in [4.78, 5) is 12.9. The van der Waals surface area contributed by atoms with Crippen molar-refractivity contribution < 1.29 is 14.3 Å². The molecule has 1 aromatic carbocycles. The van der Waals surface area contributed by atoms with Gasteiger partial charge in [0.2, 0.25) is 0 Å². The molecule has 2 rings (SSSR count). The molecule has 1 aliphatic rings.